The molecule has 0 bridgehead atoms. The van der Waals surface area contributed by atoms with E-state index in [4.69, 9.17) is 10.7 Å². The third kappa shape index (κ3) is 2.27. The highest BCUT2D eigenvalue weighted by Crippen LogP contribution is 2.35. The van der Waals surface area contributed by atoms with Crippen LogP contribution in [0.15, 0.2) is 18.2 Å². The molecule has 18 heavy (non-hydrogen) atoms. The second-order valence-electron chi connectivity index (χ2n) is 5.62. The summed E-state index contributed by atoms with van der Waals surface area (Å²) in [6, 6.07) is 6.81. The van der Waals surface area contributed by atoms with Crippen molar-refractivity contribution >= 4 is 11.0 Å². The zero-order valence-electron chi connectivity index (χ0n) is 10.9. The Hall–Kier alpha value is -1.35. The van der Waals surface area contributed by atoms with Crippen LogP contribution in [0.4, 0.5) is 0 Å². The van der Waals surface area contributed by atoms with Crippen LogP contribution in [-0.4, -0.2) is 16.0 Å². The molecule has 1 heterocycles. The molecule has 0 spiro atoms. The quantitative estimate of drug-likeness (QED) is 0.867. The molecule has 1 atom stereocenters. The van der Waals surface area contributed by atoms with E-state index in [2.05, 4.69) is 30.1 Å². The fraction of sp³-hybridized carbons (Fsp3) is 0.533. The van der Waals surface area contributed by atoms with Gasteiger partial charge in [-0.25, -0.2) is 4.98 Å². The van der Waals surface area contributed by atoms with Gasteiger partial charge in [0.25, 0.3) is 0 Å². The van der Waals surface area contributed by atoms with Gasteiger partial charge < -0.3 is 10.7 Å². The molecular weight excluding hydrogens is 222 g/mol. The molecule has 96 valence electrons. The van der Waals surface area contributed by atoms with Crippen molar-refractivity contribution in [2.24, 2.45) is 5.73 Å². The molecule has 3 heteroatoms. The Morgan fingerprint density at radius 1 is 1.44 bits per heavy atom. The lowest BCUT2D eigenvalue weighted by Gasteiger charge is -2.22. The minimum Gasteiger partial charge on any atom is -0.342 e. The summed E-state index contributed by atoms with van der Waals surface area (Å²) in [6.07, 6.45) is 6.01. The average molecular weight is 243 g/mol. The lowest BCUT2D eigenvalue weighted by Crippen LogP contribution is -2.15. The molecule has 0 aliphatic heterocycles. The van der Waals surface area contributed by atoms with E-state index in [1.165, 1.54) is 36.2 Å². The fourth-order valence-corrected chi connectivity index (χ4v) is 2.50. The average Bonchev–Trinajstić information content (AvgIpc) is 2.65. The summed E-state index contributed by atoms with van der Waals surface area (Å²) < 4.78 is 0. The monoisotopic (exact) mass is 243 g/mol. The maximum atomic E-state index is 5.80. The molecule has 0 saturated heterocycles. The summed E-state index contributed by atoms with van der Waals surface area (Å²) in [7, 11) is 0. The first kappa shape index (κ1) is 11.7. The second-order valence-corrected chi connectivity index (χ2v) is 5.62. The molecule has 1 aromatic carbocycles. The normalized spacial score (nSPS) is 17.9. The van der Waals surface area contributed by atoms with Gasteiger partial charge in [-0.05, 0) is 50.3 Å². The minimum atomic E-state index is 0.271. The number of benzene rings is 1. The Morgan fingerprint density at radius 3 is 2.94 bits per heavy atom. The SMILES string of the molecule is CC(N)CCc1ccc2nc(C3CCC3)[nH]c2c1. The number of rotatable bonds is 4. The van der Waals surface area contributed by atoms with Gasteiger partial charge in [-0.1, -0.05) is 12.5 Å². The van der Waals surface area contributed by atoms with Crippen LogP contribution in [0.5, 0.6) is 0 Å². The first-order valence-electron chi connectivity index (χ1n) is 6.96. The third-order valence-corrected chi connectivity index (χ3v) is 3.94. The highest BCUT2D eigenvalue weighted by atomic mass is 14.9. The highest BCUT2D eigenvalue weighted by Gasteiger charge is 2.22. The third-order valence-electron chi connectivity index (χ3n) is 3.94. The Labute approximate surface area is 108 Å². The van der Waals surface area contributed by atoms with E-state index in [0.29, 0.717) is 5.92 Å². The lowest BCUT2D eigenvalue weighted by molar-refractivity contribution is 0.405. The van der Waals surface area contributed by atoms with E-state index in [-0.39, 0.29) is 6.04 Å². The zero-order valence-corrected chi connectivity index (χ0v) is 10.9. The topological polar surface area (TPSA) is 54.7 Å². The van der Waals surface area contributed by atoms with Crippen molar-refractivity contribution in [3.05, 3.63) is 29.6 Å². The predicted octanol–water partition coefficient (Wildman–Crippen LogP) is 3.11. The van der Waals surface area contributed by atoms with Crippen LogP contribution in [0.1, 0.15) is 49.9 Å². The molecule has 1 aliphatic rings. The number of nitrogens with zero attached hydrogens (tertiary/aromatic N) is 1. The first-order chi connectivity index (χ1) is 8.72. The number of aromatic nitrogens is 2. The molecule has 1 saturated carbocycles. The summed E-state index contributed by atoms with van der Waals surface area (Å²) >= 11 is 0. The number of H-pyrrole nitrogens is 1. The van der Waals surface area contributed by atoms with Gasteiger partial charge in [0.15, 0.2) is 0 Å². The van der Waals surface area contributed by atoms with E-state index < -0.39 is 0 Å². The number of fused-ring (bicyclic) bond motifs is 1. The van der Waals surface area contributed by atoms with Gasteiger partial charge in [-0.15, -0.1) is 0 Å². The smallest absolute Gasteiger partial charge is 0.110 e. The van der Waals surface area contributed by atoms with Crippen molar-refractivity contribution in [3.8, 4) is 0 Å². The van der Waals surface area contributed by atoms with E-state index in [1.54, 1.807) is 0 Å². The van der Waals surface area contributed by atoms with Gasteiger partial charge >= 0.3 is 0 Å². The van der Waals surface area contributed by atoms with Gasteiger partial charge in [-0.3, -0.25) is 0 Å². The maximum absolute atomic E-state index is 5.80. The summed E-state index contributed by atoms with van der Waals surface area (Å²) in [4.78, 5) is 8.17. The number of aryl methyl sites for hydroxylation is 1. The van der Waals surface area contributed by atoms with Gasteiger partial charge in [0.05, 0.1) is 11.0 Å². The summed E-state index contributed by atoms with van der Waals surface area (Å²) in [6.45, 7) is 2.06. The number of hydrogen-bond donors (Lipinski definition) is 2. The summed E-state index contributed by atoms with van der Waals surface area (Å²) in [5.41, 5.74) is 9.43. The molecule has 1 aromatic heterocycles. The van der Waals surface area contributed by atoms with Crippen LogP contribution >= 0.6 is 0 Å². The van der Waals surface area contributed by atoms with Crippen LogP contribution in [0.25, 0.3) is 11.0 Å². The van der Waals surface area contributed by atoms with Gasteiger partial charge in [-0.2, -0.15) is 0 Å². The van der Waals surface area contributed by atoms with Crippen molar-refractivity contribution in [1.29, 1.82) is 0 Å². The maximum Gasteiger partial charge on any atom is 0.110 e. The van der Waals surface area contributed by atoms with E-state index in [0.717, 1.165) is 18.4 Å². The minimum absolute atomic E-state index is 0.271. The first-order valence-corrected chi connectivity index (χ1v) is 6.96. The predicted molar refractivity (Wildman–Crippen MR) is 74.7 cm³/mol. The van der Waals surface area contributed by atoms with E-state index in [1.807, 2.05) is 0 Å². The van der Waals surface area contributed by atoms with Crippen LogP contribution < -0.4 is 5.73 Å². The Kier molecular flexibility index (Phi) is 3.08. The molecule has 3 rings (SSSR count). The van der Waals surface area contributed by atoms with Crippen molar-refractivity contribution in [2.75, 3.05) is 0 Å². The van der Waals surface area contributed by atoms with E-state index >= 15 is 0 Å². The fourth-order valence-electron chi connectivity index (χ4n) is 2.50. The van der Waals surface area contributed by atoms with Crippen LogP contribution in [-0.2, 0) is 6.42 Å². The standard InChI is InChI=1S/C15H21N3/c1-10(16)5-6-11-7-8-13-14(9-11)18-15(17-13)12-3-2-4-12/h7-10,12H,2-6,16H2,1H3,(H,17,18). The molecule has 3 N–H and O–H groups in total. The molecule has 1 fully saturated rings. The molecule has 0 amide bonds. The number of imidazole rings is 1. The van der Waals surface area contributed by atoms with Crippen LogP contribution in [0.2, 0.25) is 0 Å². The molecule has 3 nitrogen and oxygen atoms in total. The second kappa shape index (κ2) is 4.73. The van der Waals surface area contributed by atoms with Crippen LogP contribution in [0.3, 0.4) is 0 Å². The molecule has 0 radical (unpaired) electrons. The Bertz CT molecular complexity index is 538. The highest BCUT2D eigenvalue weighted by molar-refractivity contribution is 5.76. The summed E-state index contributed by atoms with van der Waals surface area (Å²) in [5.74, 6) is 1.85. The Balaban J connectivity index is 1.82. The molecule has 2 aromatic rings. The van der Waals surface area contributed by atoms with Crippen molar-refractivity contribution < 1.29 is 0 Å². The molecule has 1 aliphatic carbocycles. The number of nitrogens with two attached hydrogens (primary N) is 1. The zero-order chi connectivity index (χ0) is 12.5. The molecular formula is C15H21N3. The molecule has 1 unspecified atom stereocenters. The van der Waals surface area contributed by atoms with Gasteiger partial charge in [0.1, 0.15) is 5.82 Å². The van der Waals surface area contributed by atoms with Crippen molar-refractivity contribution in [2.45, 2.75) is 51.0 Å². The number of nitrogens with one attached hydrogen (secondary N) is 1. The number of aromatic amines is 1. The van der Waals surface area contributed by atoms with Gasteiger partial charge in [0.2, 0.25) is 0 Å². The van der Waals surface area contributed by atoms with Gasteiger partial charge in [0, 0.05) is 12.0 Å². The summed E-state index contributed by atoms with van der Waals surface area (Å²) in [5, 5.41) is 0. The van der Waals surface area contributed by atoms with Crippen molar-refractivity contribution in [1.82, 2.24) is 9.97 Å². The largest absolute Gasteiger partial charge is 0.342 e. The lowest BCUT2D eigenvalue weighted by atomic mass is 9.85. The Morgan fingerprint density at radius 2 is 2.28 bits per heavy atom. The van der Waals surface area contributed by atoms with E-state index in [9.17, 15) is 0 Å². The van der Waals surface area contributed by atoms with Crippen molar-refractivity contribution in [3.63, 3.8) is 0 Å². The van der Waals surface area contributed by atoms with Crippen LogP contribution in [0, 0.1) is 0 Å². The number of hydrogen-bond acceptors (Lipinski definition) is 2.